The van der Waals surface area contributed by atoms with Gasteiger partial charge in [0.15, 0.2) is 5.78 Å². The number of rotatable bonds is 9. The third-order valence-corrected chi connectivity index (χ3v) is 6.62. The Morgan fingerprint density at radius 2 is 1.78 bits per heavy atom. The van der Waals surface area contributed by atoms with Gasteiger partial charge in [-0.1, -0.05) is 26.0 Å². The Hall–Kier alpha value is -2.70. The first-order valence-corrected chi connectivity index (χ1v) is 11.6. The zero-order chi connectivity index (χ0) is 23.4. The minimum atomic E-state index is -0.468. The van der Waals surface area contributed by atoms with Gasteiger partial charge in [-0.25, -0.2) is 0 Å². The first-order chi connectivity index (χ1) is 15.2. The lowest BCUT2D eigenvalue weighted by molar-refractivity contribution is -0.120. The quantitative estimate of drug-likeness (QED) is 0.458. The summed E-state index contributed by atoms with van der Waals surface area (Å²) in [5.74, 6) is 1.95. The van der Waals surface area contributed by atoms with Crippen LogP contribution in [0, 0.1) is 19.8 Å². The fourth-order valence-electron chi connectivity index (χ4n) is 3.87. The number of aromatic nitrogens is 1. The van der Waals surface area contributed by atoms with Crippen molar-refractivity contribution in [1.82, 2.24) is 4.37 Å². The first kappa shape index (κ1) is 24.0. The minimum absolute atomic E-state index is 0.0247. The first-order valence-electron chi connectivity index (χ1n) is 10.8. The Labute approximate surface area is 194 Å². The third-order valence-electron chi connectivity index (χ3n) is 5.77. The fourth-order valence-corrected chi connectivity index (χ4v) is 4.62. The highest BCUT2D eigenvalue weighted by Crippen LogP contribution is 2.39. The van der Waals surface area contributed by atoms with Crippen LogP contribution >= 0.6 is 11.5 Å². The number of nitrogens with zero attached hydrogens (tertiary/aromatic N) is 1. The highest BCUT2D eigenvalue weighted by atomic mass is 32.1. The molecule has 0 amide bonds. The van der Waals surface area contributed by atoms with Crippen LogP contribution in [0.2, 0.25) is 0 Å². The molecular weight excluding hydrogens is 420 g/mol. The summed E-state index contributed by atoms with van der Waals surface area (Å²) in [5, 5.41) is 0. The van der Waals surface area contributed by atoms with Gasteiger partial charge < -0.3 is 15.2 Å². The van der Waals surface area contributed by atoms with E-state index in [1.807, 2.05) is 24.4 Å². The summed E-state index contributed by atoms with van der Waals surface area (Å²) in [6.07, 6.45) is 2.79. The normalized spacial score (nSPS) is 12.1. The van der Waals surface area contributed by atoms with E-state index in [2.05, 4.69) is 44.2 Å². The summed E-state index contributed by atoms with van der Waals surface area (Å²) in [6, 6.07) is 9.68. The molecule has 0 aliphatic rings. The molecule has 0 bridgehead atoms. The number of Topliss-reactive ketones (excluding diaryl/α,β-unsaturated/α-hetero) is 1. The molecule has 170 valence electrons. The monoisotopic (exact) mass is 452 g/mol. The third kappa shape index (κ3) is 5.19. The van der Waals surface area contributed by atoms with Crippen molar-refractivity contribution in [3.8, 4) is 33.1 Å². The number of benzene rings is 2. The van der Waals surface area contributed by atoms with Crippen LogP contribution in [0.5, 0.6) is 11.5 Å². The van der Waals surface area contributed by atoms with Crippen LogP contribution in [0.1, 0.15) is 37.0 Å². The highest BCUT2D eigenvalue weighted by molar-refractivity contribution is 7.10. The molecule has 6 heteroatoms. The van der Waals surface area contributed by atoms with Crippen LogP contribution in [-0.4, -0.2) is 30.4 Å². The highest BCUT2D eigenvalue weighted by Gasteiger charge is 2.19. The van der Waals surface area contributed by atoms with Gasteiger partial charge in [0, 0.05) is 23.7 Å². The van der Waals surface area contributed by atoms with Crippen LogP contribution in [0.3, 0.4) is 0 Å². The number of methoxy groups -OCH3 is 2. The zero-order valence-corrected chi connectivity index (χ0v) is 20.5. The van der Waals surface area contributed by atoms with Crippen LogP contribution < -0.4 is 15.2 Å². The lowest BCUT2D eigenvalue weighted by Crippen LogP contribution is -2.33. The van der Waals surface area contributed by atoms with Gasteiger partial charge in [0.05, 0.1) is 25.1 Å². The standard InChI is InChI=1S/C26H32N2O3S/c1-15(2)9-22(27)23(29)12-19-11-18(7-8-24(19)30-5)21-14-28-32-26(21)20-10-16(3)17(4)25(13-20)31-6/h7-8,10-11,13-15,22H,9,12,27H2,1-6H3. The minimum Gasteiger partial charge on any atom is -0.496 e. The lowest BCUT2D eigenvalue weighted by Gasteiger charge is -2.15. The molecule has 0 radical (unpaired) electrons. The van der Waals surface area contributed by atoms with E-state index < -0.39 is 6.04 Å². The predicted molar refractivity (Wildman–Crippen MR) is 132 cm³/mol. The SMILES string of the molecule is COc1ccc(-c2cnsc2-c2cc(C)c(C)c(OC)c2)cc1CC(=O)C(N)CC(C)C. The topological polar surface area (TPSA) is 74.4 Å². The molecule has 0 aliphatic carbocycles. The fraction of sp³-hybridized carbons (Fsp3) is 0.385. The largest absolute Gasteiger partial charge is 0.496 e. The molecule has 0 saturated carbocycles. The summed E-state index contributed by atoms with van der Waals surface area (Å²) < 4.78 is 15.6. The van der Waals surface area contributed by atoms with Gasteiger partial charge in [-0.15, -0.1) is 0 Å². The molecule has 3 rings (SSSR count). The van der Waals surface area contributed by atoms with Crippen molar-refractivity contribution >= 4 is 17.3 Å². The second kappa shape index (κ2) is 10.3. The average molecular weight is 453 g/mol. The van der Waals surface area contributed by atoms with Crippen molar-refractivity contribution in [2.75, 3.05) is 14.2 Å². The van der Waals surface area contributed by atoms with Gasteiger partial charge in [-0.2, -0.15) is 4.37 Å². The van der Waals surface area contributed by atoms with Gasteiger partial charge >= 0.3 is 0 Å². The van der Waals surface area contributed by atoms with Crippen molar-refractivity contribution in [2.24, 2.45) is 11.7 Å². The number of carbonyl (C=O) groups excluding carboxylic acids is 1. The molecule has 5 nitrogen and oxygen atoms in total. The number of ether oxygens (including phenoxy) is 2. The predicted octanol–water partition coefficient (Wildman–Crippen LogP) is 5.60. The smallest absolute Gasteiger partial charge is 0.154 e. The van der Waals surface area contributed by atoms with E-state index in [9.17, 15) is 4.79 Å². The average Bonchev–Trinajstić information content (AvgIpc) is 3.25. The Morgan fingerprint density at radius 1 is 1.06 bits per heavy atom. The van der Waals surface area contributed by atoms with E-state index in [1.54, 1.807) is 14.2 Å². The van der Waals surface area contributed by atoms with E-state index in [4.69, 9.17) is 15.2 Å². The molecule has 2 aromatic carbocycles. The maximum atomic E-state index is 12.7. The summed E-state index contributed by atoms with van der Waals surface area (Å²) in [6.45, 7) is 8.28. The van der Waals surface area contributed by atoms with Crippen molar-refractivity contribution in [3.05, 3.63) is 53.2 Å². The molecule has 1 unspecified atom stereocenters. The summed E-state index contributed by atoms with van der Waals surface area (Å²) in [7, 11) is 3.31. The van der Waals surface area contributed by atoms with E-state index in [1.165, 1.54) is 17.1 Å². The Balaban J connectivity index is 1.99. The summed E-state index contributed by atoms with van der Waals surface area (Å²) in [5.41, 5.74) is 12.3. The number of hydrogen-bond acceptors (Lipinski definition) is 6. The van der Waals surface area contributed by atoms with E-state index in [-0.39, 0.29) is 12.2 Å². The number of hydrogen-bond donors (Lipinski definition) is 1. The molecule has 0 fully saturated rings. The van der Waals surface area contributed by atoms with E-state index in [0.29, 0.717) is 18.1 Å². The second-order valence-electron chi connectivity index (χ2n) is 8.59. The van der Waals surface area contributed by atoms with Crippen LogP contribution in [0.4, 0.5) is 0 Å². The van der Waals surface area contributed by atoms with Crippen molar-refractivity contribution in [3.63, 3.8) is 0 Å². The molecular formula is C26H32N2O3S. The second-order valence-corrected chi connectivity index (χ2v) is 9.40. The molecule has 3 aromatic rings. The van der Waals surface area contributed by atoms with Gasteiger partial charge in [-0.3, -0.25) is 4.79 Å². The molecule has 1 aromatic heterocycles. The maximum absolute atomic E-state index is 12.7. The van der Waals surface area contributed by atoms with Gasteiger partial charge in [0.1, 0.15) is 11.5 Å². The van der Waals surface area contributed by atoms with Crippen molar-refractivity contribution in [1.29, 1.82) is 0 Å². The summed E-state index contributed by atoms with van der Waals surface area (Å²) in [4.78, 5) is 13.8. The Morgan fingerprint density at radius 3 is 2.44 bits per heavy atom. The van der Waals surface area contributed by atoms with Crippen molar-refractivity contribution in [2.45, 2.75) is 46.6 Å². The van der Waals surface area contributed by atoms with E-state index >= 15 is 0 Å². The molecule has 32 heavy (non-hydrogen) atoms. The van der Waals surface area contributed by atoms with Gasteiger partial charge in [-0.05, 0) is 78.2 Å². The molecule has 0 spiro atoms. The van der Waals surface area contributed by atoms with Crippen LogP contribution in [0.15, 0.2) is 36.5 Å². The number of aryl methyl sites for hydroxylation is 1. The zero-order valence-electron chi connectivity index (χ0n) is 19.7. The molecule has 0 aliphatic heterocycles. The summed E-state index contributed by atoms with van der Waals surface area (Å²) >= 11 is 1.45. The molecule has 1 atom stereocenters. The molecule has 0 saturated heterocycles. The van der Waals surface area contributed by atoms with Gasteiger partial charge in [0.25, 0.3) is 0 Å². The lowest BCUT2D eigenvalue weighted by atomic mass is 9.94. The molecule has 1 heterocycles. The molecule has 2 N–H and O–H groups in total. The number of carbonyl (C=O) groups is 1. The van der Waals surface area contributed by atoms with Crippen molar-refractivity contribution < 1.29 is 14.3 Å². The number of ketones is 1. The maximum Gasteiger partial charge on any atom is 0.154 e. The van der Waals surface area contributed by atoms with Crippen LogP contribution in [-0.2, 0) is 11.2 Å². The van der Waals surface area contributed by atoms with Crippen LogP contribution in [0.25, 0.3) is 21.6 Å². The number of nitrogens with two attached hydrogens (primary N) is 1. The van der Waals surface area contributed by atoms with E-state index in [0.717, 1.165) is 38.4 Å². The van der Waals surface area contributed by atoms with Gasteiger partial charge in [0.2, 0.25) is 0 Å². The Bertz CT molecular complexity index is 1100. The Kier molecular flexibility index (Phi) is 7.69.